The first kappa shape index (κ1) is 19.3. The summed E-state index contributed by atoms with van der Waals surface area (Å²) in [6.07, 6.45) is 6.79. The van der Waals surface area contributed by atoms with Gasteiger partial charge in [-0.3, -0.25) is 4.72 Å². The van der Waals surface area contributed by atoms with Gasteiger partial charge in [-0.05, 0) is 90.2 Å². The van der Waals surface area contributed by atoms with Crippen molar-refractivity contribution in [3.8, 4) is 0 Å². The third-order valence-corrected chi connectivity index (χ3v) is 7.17. The van der Waals surface area contributed by atoms with Crippen LogP contribution in [0.1, 0.15) is 35.1 Å². The topological polar surface area (TPSA) is 44.4 Å². The van der Waals surface area contributed by atoms with Crippen LogP contribution in [0.2, 0.25) is 0 Å². The summed E-state index contributed by atoms with van der Waals surface area (Å²) in [6, 6.07) is 14.8. The Kier molecular flexibility index (Phi) is 5.07. The number of carbonyl (C=O) groups excluding carboxylic acids is 1. The van der Waals surface area contributed by atoms with E-state index >= 15 is 0 Å². The first-order valence-corrected chi connectivity index (χ1v) is 11.5. The molecule has 3 aromatic rings. The zero-order valence-electron chi connectivity index (χ0n) is 17.5. The fourth-order valence-electron chi connectivity index (χ4n) is 4.95. The maximum atomic E-state index is 12.8. The molecule has 2 aliphatic carbocycles. The van der Waals surface area contributed by atoms with Crippen molar-refractivity contribution in [1.29, 1.82) is 0 Å². The first-order valence-electron chi connectivity index (χ1n) is 10.7. The predicted molar refractivity (Wildman–Crippen MR) is 127 cm³/mol. The number of amides is 2. The molecule has 2 amide bonds. The Balaban J connectivity index is 1.37. The van der Waals surface area contributed by atoms with Gasteiger partial charge in [0.1, 0.15) is 0 Å². The summed E-state index contributed by atoms with van der Waals surface area (Å²) in [5.74, 6) is 0. The lowest BCUT2D eigenvalue weighted by atomic mass is 9.99. The van der Waals surface area contributed by atoms with Gasteiger partial charge in [0, 0.05) is 35.8 Å². The molecular formula is C25H27N3OS. The van der Waals surface area contributed by atoms with Crippen LogP contribution in [0.25, 0.3) is 10.8 Å². The Labute approximate surface area is 182 Å². The molecule has 0 aromatic heterocycles. The van der Waals surface area contributed by atoms with Gasteiger partial charge in [-0.2, -0.15) is 0 Å². The summed E-state index contributed by atoms with van der Waals surface area (Å²) >= 11 is 1.38. The highest BCUT2D eigenvalue weighted by Gasteiger charge is 2.25. The zero-order valence-corrected chi connectivity index (χ0v) is 18.4. The second-order valence-corrected chi connectivity index (χ2v) is 9.26. The van der Waals surface area contributed by atoms with Crippen LogP contribution in [-0.2, 0) is 25.7 Å². The molecule has 0 heterocycles. The minimum atomic E-state index is -0.143. The van der Waals surface area contributed by atoms with Gasteiger partial charge < -0.3 is 10.2 Å². The van der Waals surface area contributed by atoms with E-state index in [1.807, 2.05) is 6.07 Å². The number of urea groups is 1. The molecular weight excluding hydrogens is 390 g/mol. The van der Waals surface area contributed by atoms with Crippen LogP contribution in [-0.4, -0.2) is 20.1 Å². The standard InChI is InChI=1S/C25H27N3OS/c1-28(2)22-13-5-12-21-20(22)11-6-14-23(21)30-27-25(29)26-24-18-9-3-7-16(18)15-17-8-4-10-19(17)24/h5-6,11-15H,3-4,7-10H2,1-2H3,(H2,26,27,29). The van der Waals surface area contributed by atoms with Crippen LogP contribution >= 0.6 is 11.9 Å². The molecule has 2 aliphatic rings. The molecule has 3 aromatic carbocycles. The lowest BCUT2D eigenvalue weighted by molar-refractivity contribution is 0.257. The molecule has 0 aliphatic heterocycles. The number of anilines is 2. The van der Waals surface area contributed by atoms with E-state index in [0.29, 0.717) is 0 Å². The van der Waals surface area contributed by atoms with Gasteiger partial charge in [-0.1, -0.05) is 30.3 Å². The van der Waals surface area contributed by atoms with Gasteiger partial charge in [0.15, 0.2) is 0 Å². The molecule has 2 N–H and O–H groups in total. The molecule has 0 bridgehead atoms. The average Bonchev–Trinajstić information content (AvgIpc) is 3.40. The number of carbonyl (C=O) groups is 1. The van der Waals surface area contributed by atoms with Gasteiger partial charge in [-0.25, -0.2) is 4.79 Å². The summed E-state index contributed by atoms with van der Waals surface area (Å²) in [5, 5.41) is 5.55. The second kappa shape index (κ2) is 7.88. The lowest BCUT2D eigenvalue weighted by Crippen LogP contribution is -2.24. The molecule has 0 atom stereocenters. The smallest absolute Gasteiger partial charge is 0.329 e. The van der Waals surface area contributed by atoms with Gasteiger partial charge in [0.2, 0.25) is 0 Å². The number of nitrogens with zero attached hydrogens (tertiary/aromatic N) is 1. The molecule has 0 unspecified atom stereocenters. The fourth-order valence-corrected chi connectivity index (χ4v) is 5.64. The largest absolute Gasteiger partial charge is 0.377 e. The van der Waals surface area contributed by atoms with Crippen molar-refractivity contribution in [2.24, 2.45) is 0 Å². The molecule has 30 heavy (non-hydrogen) atoms. The Morgan fingerprint density at radius 3 is 2.27 bits per heavy atom. The number of aryl methyl sites for hydroxylation is 2. The number of rotatable bonds is 4. The van der Waals surface area contributed by atoms with Crippen LogP contribution < -0.4 is 14.9 Å². The molecule has 5 rings (SSSR count). The lowest BCUT2D eigenvalue weighted by Gasteiger charge is -2.18. The van der Waals surface area contributed by atoms with Crippen LogP contribution in [0.5, 0.6) is 0 Å². The number of hydrogen-bond donors (Lipinski definition) is 2. The zero-order chi connectivity index (χ0) is 20.7. The van der Waals surface area contributed by atoms with Crippen LogP contribution in [0, 0.1) is 0 Å². The Bertz CT molecular complexity index is 1110. The molecule has 0 radical (unpaired) electrons. The summed E-state index contributed by atoms with van der Waals surface area (Å²) in [6.45, 7) is 0. The summed E-state index contributed by atoms with van der Waals surface area (Å²) in [4.78, 5) is 16.0. The summed E-state index contributed by atoms with van der Waals surface area (Å²) in [5.41, 5.74) is 7.85. The monoisotopic (exact) mass is 417 g/mol. The minimum Gasteiger partial charge on any atom is -0.377 e. The Morgan fingerprint density at radius 1 is 0.900 bits per heavy atom. The maximum Gasteiger partial charge on any atom is 0.329 e. The Hall–Kier alpha value is -2.66. The van der Waals surface area contributed by atoms with Crippen molar-refractivity contribution in [2.75, 3.05) is 24.3 Å². The number of hydrogen-bond acceptors (Lipinski definition) is 3. The van der Waals surface area contributed by atoms with Gasteiger partial charge in [-0.15, -0.1) is 0 Å². The van der Waals surface area contributed by atoms with Crippen LogP contribution in [0.4, 0.5) is 16.2 Å². The molecule has 0 spiro atoms. The molecule has 0 saturated carbocycles. The van der Waals surface area contributed by atoms with E-state index in [0.717, 1.165) is 41.7 Å². The van der Waals surface area contributed by atoms with Crippen LogP contribution in [0.15, 0.2) is 47.4 Å². The van der Waals surface area contributed by atoms with E-state index in [2.05, 4.69) is 65.4 Å². The predicted octanol–water partition coefficient (Wildman–Crippen LogP) is 5.71. The SMILES string of the molecule is CN(C)c1cccc2c(SNC(=O)Nc3c4c(cc5c3CCC5)CCC4)cccc12. The quantitative estimate of drug-likeness (QED) is 0.534. The van der Waals surface area contributed by atoms with Gasteiger partial charge in [0.05, 0.1) is 0 Å². The van der Waals surface area contributed by atoms with E-state index in [1.165, 1.54) is 58.1 Å². The third kappa shape index (κ3) is 3.41. The van der Waals surface area contributed by atoms with Crippen molar-refractivity contribution in [1.82, 2.24) is 4.72 Å². The van der Waals surface area contributed by atoms with E-state index in [1.54, 1.807) is 0 Å². The summed E-state index contributed by atoms with van der Waals surface area (Å²) < 4.78 is 3.02. The highest BCUT2D eigenvalue weighted by molar-refractivity contribution is 7.98. The molecule has 4 nitrogen and oxygen atoms in total. The van der Waals surface area contributed by atoms with Crippen molar-refractivity contribution in [3.63, 3.8) is 0 Å². The second-order valence-electron chi connectivity index (χ2n) is 8.42. The number of nitrogens with one attached hydrogen (secondary N) is 2. The van der Waals surface area contributed by atoms with Crippen LogP contribution in [0.3, 0.4) is 0 Å². The van der Waals surface area contributed by atoms with E-state index in [4.69, 9.17) is 0 Å². The van der Waals surface area contributed by atoms with Crippen molar-refractivity contribution in [3.05, 3.63) is 64.7 Å². The first-order chi connectivity index (χ1) is 14.6. The van der Waals surface area contributed by atoms with Gasteiger partial charge in [0.25, 0.3) is 0 Å². The summed E-state index contributed by atoms with van der Waals surface area (Å²) in [7, 11) is 4.11. The van der Waals surface area contributed by atoms with E-state index in [9.17, 15) is 4.79 Å². The normalized spacial score (nSPS) is 14.5. The third-order valence-electron chi connectivity index (χ3n) is 6.31. The van der Waals surface area contributed by atoms with E-state index < -0.39 is 0 Å². The average molecular weight is 418 g/mol. The Morgan fingerprint density at radius 2 is 1.57 bits per heavy atom. The molecule has 0 saturated heterocycles. The highest BCUT2D eigenvalue weighted by Crippen LogP contribution is 2.39. The number of fused-ring (bicyclic) bond motifs is 3. The molecule has 0 fully saturated rings. The van der Waals surface area contributed by atoms with Crippen molar-refractivity contribution in [2.45, 2.75) is 43.4 Å². The fraction of sp³-hybridized carbons (Fsp3) is 0.320. The maximum absolute atomic E-state index is 12.8. The molecule has 154 valence electrons. The highest BCUT2D eigenvalue weighted by atomic mass is 32.2. The minimum absolute atomic E-state index is 0.143. The van der Waals surface area contributed by atoms with Crippen molar-refractivity contribution >= 4 is 40.1 Å². The van der Waals surface area contributed by atoms with Crippen molar-refractivity contribution < 1.29 is 4.79 Å². The molecule has 5 heteroatoms. The van der Waals surface area contributed by atoms with Gasteiger partial charge >= 0.3 is 6.03 Å². The number of benzene rings is 3. The van der Waals surface area contributed by atoms with E-state index in [-0.39, 0.29) is 6.03 Å².